The molecule has 5 heteroatoms. The molecule has 2 aliphatic rings. The quantitative estimate of drug-likeness (QED) is 0.839. The Bertz CT molecular complexity index is 512. The van der Waals surface area contributed by atoms with Crippen LogP contribution in [0.3, 0.4) is 0 Å². The summed E-state index contributed by atoms with van der Waals surface area (Å²) in [6.07, 6.45) is 0.152. The maximum atomic E-state index is 12.0. The van der Waals surface area contributed by atoms with Crippen LogP contribution in [0.2, 0.25) is 0 Å². The van der Waals surface area contributed by atoms with E-state index in [1.54, 1.807) is 24.3 Å². The van der Waals surface area contributed by atoms with E-state index in [9.17, 15) is 14.7 Å². The van der Waals surface area contributed by atoms with Crippen LogP contribution in [-0.2, 0) is 14.3 Å². The molecule has 20 heavy (non-hydrogen) atoms. The fraction of sp³-hybridized carbons (Fsp3) is 0.467. The zero-order valence-electron chi connectivity index (χ0n) is 10.9. The van der Waals surface area contributed by atoms with Crippen LogP contribution in [0, 0.1) is 11.8 Å². The second-order valence-electron chi connectivity index (χ2n) is 5.29. The fourth-order valence-corrected chi connectivity index (χ4v) is 3.13. The summed E-state index contributed by atoms with van der Waals surface area (Å²) < 4.78 is 10.7. The Morgan fingerprint density at radius 3 is 2.80 bits per heavy atom. The van der Waals surface area contributed by atoms with Crippen molar-refractivity contribution in [3.63, 3.8) is 0 Å². The van der Waals surface area contributed by atoms with Crippen molar-refractivity contribution in [3.8, 4) is 0 Å². The first kappa shape index (κ1) is 13.1. The lowest BCUT2D eigenvalue weighted by Crippen LogP contribution is -2.28. The first-order valence-electron chi connectivity index (χ1n) is 6.75. The van der Waals surface area contributed by atoms with Gasteiger partial charge < -0.3 is 14.6 Å². The van der Waals surface area contributed by atoms with Crippen LogP contribution >= 0.6 is 0 Å². The van der Waals surface area contributed by atoms with Crippen LogP contribution in [0.5, 0.6) is 0 Å². The number of benzene rings is 1. The molecule has 0 amide bonds. The molecule has 2 fully saturated rings. The molecule has 4 atom stereocenters. The van der Waals surface area contributed by atoms with Crippen molar-refractivity contribution in [3.05, 3.63) is 35.9 Å². The number of carbonyl (C=O) groups excluding carboxylic acids is 2. The number of hydrogen-bond donors (Lipinski definition) is 1. The summed E-state index contributed by atoms with van der Waals surface area (Å²) in [7, 11) is 0. The lowest BCUT2D eigenvalue weighted by molar-refractivity contribution is -0.141. The van der Waals surface area contributed by atoms with Gasteiger partial charge in [-0.15, -0.1) is 0 Å². The average molecular weight is 276 g/mol. The van der Waals surface area contributed by atoms with E-state index in [-0.39, 0.29) is 30.5 Å². The van der Waals surface area contributed by atoms with Gasteiger partial charge in [-0.2, -0.15) is 0 Å². The Balaban J connectivity index is 1.69. The number of fused-ring (bicyclic) bond motifs is 1. The second-order valence-corrected chi connectivity index (χ2v) is 5.29. The highest BCUT2D eigenvalue weighted by molar-refractivity contribution is 5.89. The van der Waals surface area contributed by atoms with Gasteiger partial charge >= 0.3 is 11.9 Å². The molecule has 0 unspecified atom stereocenters. The molecule has 1 aliphatic heterocycles. The molecule has 1 saturated heterocycles. The van der Waals surface area contributed by atoms with E-state index in [4.69, 9.17) is 9.47 Å². The molecule has 1 saturated carbocycles. The minimum Gasteiger partial charge on any atom is -0.462 e. The number of aliphatic hydroxyl groups excluding tert-OH is 1. The fourth-order valence-electron chi connectivity index (χ4n) is 3.13. The number of carbonyl (C=O) groups is 2. The van der Waals surface area contributed by atoms with Crippen LogP contribution in [0.4, 0.5) is 0 Å². The molecule has 1 aliphatic carbocycles. The van der Waals surface area contributed by atoms with Gasteiger partial charge in [0, 0.05) is 24.9 Å². The summed E-state index contributed by atoms with van der Waals surface area (Å²) in [5, 5.41) is 9.50. The van der Waals surface area contributed by atoms with Gasteiger partial charge in [-0.05, 0) is 12.1 Å². The summed E-state index contributed by atoms with van der Waals surface area (Å²) in [6, 6.07) is 8.74. The Labute approximate surface area is 116 Å². The third-order valence-corrected chi connectivity index (χ3v) is 4.13. The molecule has 1 heterocycles. The smallest absolute Gasteiger partial charge is 0.338 e. The van der Waals surface area contributed by atoms with E-state index in [0.717, 1.165) is 0 Å². The van der Waals surface area contributed by atoms with Crippen LogP contribution < -0.4 is 0 Å². The van der Waals surface area contributed by atoms with Crippen LogP contribution in [0.1, 0.15) is 23.2 Å². The van der Waals surface area contributed by atoms with Gasteiger partial charge in [0.2, 0.25) is 0 Å². The molecule has 0 spiro atoms. The molecular weight excluding hydrogens is 260 g/mol. The van der Waals surface area contributed by atoms with Gasteiger partial charge in [-0.1, -0.05) is 18.2 Å². The van der Waals surface area contributed by atoms with Gasteiger partial charge in [-0.3, -0.25) is 4.79 Å². The van der Waals surface area contributed by atoms with Crippen molar-refractivity contribution in [1.82, 2.24) is 0 Å². The Morgan fingerprint density at radius 1 is 1.35 bits per heavy atom. The van der Waals surface area contributed by atoms with Gasteiger partial charge in [0.15, 0.2) is 0 Å². The maximum Gasteiger partial charge on any atom is 0.338 e. The minimum atomic E-state index is -0.402. The Morgan fingerprint density at radius 2 is 2.10 bits per heavy atom. The largest absolute Gasteiger partial charge is 0.462 e. The summed E-state index contributed by atoms with van der Waals surface area (Å²) in [5.74, 6) is -0.896. The number of hydrogen-bond acceptors (Lipinski definition) is 5. The molecular formula is C15H16O5. The predicted molar refractivity (Wildman–Crippen MR) is 68.8 cm³/mol. The van der Waals surface area contributed by atoms with Gasteiger partial charge in [0.05, 0.1) is 12.0 Å². The molecule has 106 valence electrons. The SMILES string of the molecule is O=C1C[C@H]2[C@H](CO)[C@H](OC(=O)c3ccccc3)C[C@H]2O1. The van der Waals surface area contributed by atoms with Crippen molar-refractivity contribution in [2.75, 3.05) is 6.61 Å². The van der Waals surface area contributed by atoms with E-state index in [1.165, 1.54) is 0 Å². The number of aliphatic hydroxyl groups is 1. The van der Waals surface area contributed by atoms with E-state index in [0.29, 0.717) is 18.4 Å². The standard InChI is InChI=1S/C15H16O5/c16-8-11-10-6-14(17)19-12(10)7-13(11)20-15(18)9-4-2-1-3-5-9/h1-5,10-13,16H,6-8H2/t10-,11-,12+,13+/m0/s1. The van der Waals surface area contributed by atoms with Crippen LogP contribution in [0.15, 0.2) is 30.3 Å². The predicted octanol–water partition coefficient (Wildman–Crippen LogP) is 1.16. The molecule has 0 aromatic heterocycles. The van der Waals surface area contributed by atoms with Gasteiger partial charge in [0.1, 0.15) is 12.2 Å². The van der Waals surface area contributed by atoms with Gasteiger partial charge in [-0.25, -0.2) is 4.79 Å². The topological polar surface area (TPSA) is 72.8 Å². The highest BCUT2D eigenvalue weighted by Gasteiger charge is 2.51. The highest BCUT2D eigenvalue weighted by Crippen LogP contribution is 2.42. The summed E-state index contributed by atoms with van der Waals surface area (Å²) in [5.41, 5.74) is 0.484. The van der Waals surface area contributed by atoms with Crippen molar-refractivity contribution in [2.24, 2.45) is 11.8 Å². The average Bonchev–Trinajstić information content (AvgIpc) is 2.95. The maximum absolute atomic E-state index is 12.0. The van der Waals surface area contributed by atoms with E-state index in [2.05, 4.69) is 0 Å². The summed E-state index contributed by atoms with van der Waals surface area (Å²) >= 11 is 0. The third-order valence-electron chi connectivity index (χ3n) is 4.13. The lowest BCUT2D eigenvalue weighted by atomic mass is 9.93. The molecule has 1 N–H and O–H groups in total. The first-order chi connectivity index (χ1) is 9.69. The van der Waals surface area contributed by atoms with E-state index >= 15 is 0 Å². The van der Waals surface area contributed by atoms with Gasteiger partial charge in [0.25, 0.3) is 0 Å². The van der Waals surface area contributed by atoms with E-state index < -0.39 is 12.1 Å². The monoisotopic (exact) mass is 276 g/mol. The van der Waals surface area contributed by atoms with Crippen molar-refractivity contribution in [2.45, 2.75) is 25.0 Å². The Hall–Kier alpha value is -1.88. The van der Waals surface area contributed by atoms with Crippen LogP contribution in [-0.4, -0.2) is 35.9 Å². The molecule has 0 bridgehead atoms. The Kier molecular flexibility index (Phi) is 3.44. The van der Waals surface area contributed by atoms with Crippen molar-refractivity contribution >= 4 is 11.9 Å². The molecule has 1 aromatic rings. The zero-order valence-corrected chi connectivity index (χ0v) is 10.9. The highest BCUT2D eigenvalue weighted by atomic mass is 16.6. The summed E-state index contributed by atoms with van der Waals surface area (Å²) in [6.45, 7) is -0.107. The van der Waals surface area contributed by atoms with Crippen LogP contribution in [0.25, 0.3) is 0 Å². The molecule has 5 nitrogen and oxygen atoms in total. The molecule has 3 rings (SSSR count). The lowest BCUT2D eigenvalue weighted by Gasteiger charge is -2.20. The third kappa shape index (κ3) is 2.29. The van der Waals surface area contributed by atoms with Crippen molar-refractivity contribution in [1.29, 1.82) is 0 Å². The zero-order chi connectivity index (χ0) is 14.1. The van der Waals surface area contributed by atoms with Crippen molar-refractivity contribution < 1.29 is 24.2 Å². The van der Waals surface area contributed by atoms with E-state index in [1.807, 2.05) is 6.07 Å². The second kappa shape index (κ2) is 5.25. The number of ether oxygens (including phenoxy) is 2. The first-order valence-corrected chi connectivity index (χ1v) is 6.75. The molecule has 0 radical (unpaired) electrons. The molecule has 1 aromatic carbocycles. The summed E-state index contributed by atoms with van der Waals surface area (Å²) in [4.78, 5) is 23.3. The minimum absolute atomic E-state index is 0.0407. The number of rotatable bonds is 3. The number of esters is 2. The normalized spacial score (nSPS) is 31.8.